The first-order valence-corrected chi connectivity index (χ1v) is 11.5. The van der Waals surface area contributed by atoms with Crippen molar-refractivity contribution in [3.63, 3.8) is 0 Å². The minimum Gasteiger partial charge on any atom is -0.322 e. The predicted octanol–water partition coefficient (Wildman–Crippen LogP) is 3.35. The van der Waals surface area contributed by atoms with Gasteiger partial charge in [-0.2, -0.15) is 5.01 Å². The topological polar surface area (TPSA) is 90.5 Å². The van der Waals surface area contributed by atoms with Crippen LogP contribution in [0, 0.1) is 5.82 Å². The van der Waals surface area contributed by atoms with Crippen LogP contribution in [0.15, 0.2) is 48.5 Å². The summed E-state index contributed by atoms with van der Waals surface area (Å²) in [6.45, 7) is 1.90. The molecule has 2 fully saturated rings. The van der Waals surface area contributed by atoms with Crippen molar-refractivity contribution in [3.8, 4) is 0 Å². The van der Waals surface area contributed by atoms with E-state index in [1.165, 1.54) is 17.7 Å². The summed E-state index contributed by atoms with van der Waals surface area (Å²) in [5.41, 5.74) is 4.25. The third-order valence-corrected chi connectivity index (χ3v) is 6.48. The Labute approximate surface area is 192 Å². The van der Waals surface area contributed by atoms with Crippen molar-refractivity contribution in [3.05, 3.63) is 71.0 Å². The molecule has 0 unspecified atom stereocenters. The molecule has 1 aliphatic carbocycles. The third-order valence-electron chi connectivity index (χ3n) is 6.48. The molecule has 1 spiro atoms. The summed E-state index contributed by atoms with van der Waals surface area (Å²) in [5.74, 6) is -1.30. The molecule has 1 saturated heterocycles. The summed E-state index contributed by atoms with van der Waals surface area (Å²) in [6.07, 6.45) is 4.81. The number of hydrogen-bond donors (Lipinski definition) is 3. The monoisotopic (exact) mass is 452 g/mol. The highest BCUT2D eigenvalue weighted by atomic mass is 19.1. The number of hydrazine groups is 1. The number of amides is 4. The second-order valence-corrected chi connectivity index (χ2v) is 8.71. The molecule has 1 aliphatic heterocycles. The molecule has 3 N–H and O–H groups in total. The van der Waals surface area contributed by atoms with E-state index >= 15 is 0 Å². The summed E-state index contributed by atoms with van der Waals surface area (Å²) in [5, 5.41) is 6.71. The third kappa shape index (κ3) is 4.90. The van der Waals surface area contributed by atoms with Gasteiger partial charge in [-0.25, -0.2) is 9.18 Å². The van der Waals surface area contributed by atoms with Gasteiger partial charge in [0.2, 0.25) is 0 Å². The van der Waals surface area contributed by atoms with Crippen LogP contribution < -0.4 is 16.1 Å². The lowest BCUT2D eigenvalue weighted by atomic mass is 9.82. The lowest BCUT2D eigenvalue weighted by Crippen LogP contribution is -2.52. The number of rotatable bonds is 7. The Kier molecular flexibility index (Phi) is 6.74. The van der Waals surface area contributed by atoms with E-state index < -0.39 is 29.4 Å². The average Bonchev–Trinajstić information content (AvgIpc) is 3.04. The smallest absolute Gasteiger partial charge is 0.322 e. The molecule has 2 aliphatic rings. The van der Waals surface area contributed by atoms with E-state index in [1.807, 2.05) is 24.3 Å². The lowest BCUT2D eigenvalue weighted by molar-refractivity contribution is -0.139. The highest BCUT2D eigenvalue weighted by Crippen LogP contribution is 2.33. The number of hydrogen-bond acceptors (Lipinski definition) is 4. The van der Waals surface area contributed by atoms with Crippen molar-refractivity contribution in [2.75, 3.05) is 6.54 Å². The first-order chi connectivity index (χ1) is 15.9. The summed E-state index contributed by atoms with van der Waals surface area (Å²) in [7, 11) is 0. The van der Waals surface area contributed by atoms with Gasteiger partial charge in [-0.3, -0.25) is 20.3 Å². The molecule has 0 bridgehead atoms. The number of imide groups is 1. The van der Waals surface area contributed by atoms with Gasteiger partial charge in [0.1, 0.15) is 11.4 Å². The number of benzene rings is 2. The van der Waals surface area contributed by atoms with E-state index in [-0.39, 0.29) is 12.4 Å². The quantitative estimate of drug-likeness (QED) is 0.562. The van der Waals surface area contributed by atoms with Gasteiger partial charge in [0, 0.05) is 0 Å². The van der Waals surface area contributed by atoms with Gasteiger partial charge >= 0.3 is 6.03 Å². The predicted molar refractivity (Wildman–Crippen MR) is 121 cm³/mol. The number of halogens is 1. The Morgan fingerprint density at radius 2 is 1.82 bits per heavy atom. The first kappa shape index (κ1) is 22.9. The van der Waals surface area contributed by atoms with Crippen molar-refractivity contribution in [1.82, 2.24) is 21.1 Å². The lowest BCUT2D eigenvalue weighted by Gasteiger charge is -2.30. The maximum atomic E-state index is 13.9. The molecule has 33 heavy (non-hydrogen) atoms. The largest absolute Gasteiger partial charge is 0.344 e. The molecule has 1 atom stereocenters. The molecule has 2 aromatic rings. The molecule has 7 nitrogen and oxygen atoms in total. The number of nitrogens with one attached hydrogen (secondary N) is 3. The second-order valence-electron chi connectivity index (χ2n) is 8.71. The molecule has 4 amide bonds. The van der Waals surface area contributed by atoms with Gasteiger partial charge in [0.25, 0.3) is 11.8 Å². The molecule has 174 valence electrons. The first-order valence-electron chi connectivity index (χ1n) is 11.5. The zero-order chi connectivity index (χ0) is 23.4. The molecule has 1 saturated carbocycles. The van der Waals surface area contributed by atoms with Gasteiger partial charge in [-0.1, -0.05) is 62.6 Å². The number of urea groups is 1. The Balaban J connectivity index is 1.45. The van der Waals surface area contributed by atoms with Crippen molar-refractivity contribution in [2.24, 2.45) is 0 Å². The van der Waals surface area contributed by atoms with Crippen molar-refractivity contribution >= 4 is 17.8 Å². The highest BCUT2D eigenvalue weighted by molar-refractivity contribution is 6.08. The molecule has 0 radical (unpaired) electrons. The summed E-state index contributed by atoms with van der Waals surface area (Å²) in [4.78, 5) is 37.9. The maximum Gasteiger partial charge on any atom is 0.344 e. The fourth-order valence-electron chi connectivity index (χ4n) is 4.64. The van der Waals surface area contributed by atoms with Crippen LogP contribution in [0.2, 0.25) is 0 Å². The van der Waals surface area contributed by atoms with Gasteiger partial charge in [0.05, 0.1) is 12.6 Å². The van der Waals surface area contributed by atoms with Crippen LogP contribution in [0.4, 0.5) is 9.18 Å². The van der Waals surface area contributed by atoms with Gasteiger partial charge in [0.15, 0.2) is 0 Å². The zero-order valence-electron chi connectivity index (χ0n) is 18.7. The zero-order valence-corrected chi connectivity index (χ0v) is 18.7. The van der Waals surface area contributed by atoms with Crippen LogP contribution in [-0.2, 0) is 16.0 Å². The number of aryl methyl sites for hydroxylation is 1. The minimum atomic E-state index is -0.902. The number of carbonyl (C=O) groups is 3. The Bertz CT molecular complexity index is 1030. The van der Waals surface area contributed by atoms with Crippen LogP contribution in [0.1, 0.15) is 61.8 Å². The highest BCUT2D eigenvalue weighted by Gasteiger charge is 2.52. The summed E-state index contributed by atoms with van der Waals surface area (Å²) in [6, 6.07) is 13.1. The van der Waals surface area contributed by atoms with Gasteiger partial charge in [-0.05, 0) is 48.1 Å². The van der Waals surface area contributed by atoms with Crippen LogP contribution >= 0.6 is 0 Å². The molecular weight excluding hydrogens is 423 g/mol. The van der Waals surface area contributed by atoms with Crippen molar-refractivity contribution in [2.45, 2.75) is 57.0 Å². The molecule has 2 aromatic carbocycles. The minimum absolute atomic E-state index is 0.166. The average molecular weight is 453 g/mol. The molecule has 8 heteroatoms. The summed E-state index contributed by atoms with van der Waals surface area (Å²) < 4.78 is 13.9. The second kappa shape index (κ2) is 9.70. The van der Waals surface area contributed by atoms with E-state index in [4.69, 9.17) is 0 Å². The van der Waals surface area contributed by atoms with Crippen molar-refractivity contribution < 1.29 is 18.8 Å². The molecular formula is C25H29FN4O3. The Morgan fingerprint density at radius 3 is 2.48 bits per heavy atom. The molecule has 1 heterocycles. The maximum absolute atomic E-state index is 13.9. The SMILES string of the molecule is CCc1ccc([C@@H](NCC(=O)NN2C(=O)NC3(CCCCC3)C2=O)c2cccc(F)c2)cc1. The summed E-state index contributed by atoms with van der Waals surface area (Å²) >= 11 is 0. The van der Waals surface area contributed by atoms with Crippen molar-refractivity contribution in [1.29, 1.82) is 0 Å². The van der Waals surface area contributed by atoms with Gasteiger partial charge < -0.3 is 5.32 Å². The van der Waals surface area contributed by atoms with Crippen LogP contribution in [0.5, 0.6) is 0 Å². The number of carbonyl (C=O) groups excluding carboxylic acids is 3. The fraction of sp³-hybridized carbons (Fsp3) is 0.400. The van der Waals surface area contributed by atoms with Crippen LogP contribution in [0.25, 0.3) is 0 Å². The Morgan fingerprint density at radius 1 is 1.09 bits per heavy atom. The molecule has 0 aromatic heterocycles. The fourth-order valence-corrected chi connectivity index (χ4v) is 4.64. The van der Waals surface area contributed by atoms with E-state index in [0.717, 1.165) is 36.3 Å². The number of nitrogens with zero attached hydrogens (tertiary/aromatic N) is 1. The Hall–Kier alpha value is -3.26. The molecule has 4 rings (SSSR count). The van der Waals surface area contributed by atoms with E-state index in [9.17, 15) is 18.8 Å². The van der Waals surface area contributed by atoms with E-state index in [0.29, 0.717) is 18.4 Å². The van der Waals surface area contributed by atoms with Gasteiger partial charge in [-0.15, -0.1) is 0 Å². The van der Waals surface area contributed by atoms with E-state index in [2.05, 4.69) is 23.0 Å². The standard InChI is InChI=1S/C25H29FN4O3/c1-2-17-9-11-18(12-10-17)22(19-7-6-8-20(26)15-19)27-16-21(31)29-30-23(32)25(28-24(30)33)13-4-3-5-14-25/h6-12,15,22,27H,2-5,13-14,16H2,1H3,(H,28,33)(H,29,31)/t22-/m1/s1. The van der Waals surface area contributed by atoms with E-state index in [1.54, 1.807) is 12.1 Å². The van der Waals surface area contributed by atoms with Crippen LogP contribution in [0.3, 0.4) is 0 Å². The normalized spacial score (nSPS) is 18.3. The van der Waals surface area contributed by atoms with Crippen LogP contribution in [-0.4, -0.2) is 34.9 Å².